The number of amides is 1. The Bertz CT molecular complexity index is 167. The molecule has 0 bridgehead atoms. The van der Waals surface area contributed by atoms with Crippen molar-refractivity contribution < 1.29 is 4.79 Å². The van der Waals surface area contributed by atoms with Crippen LogP contribution in [0, 0.1) is 5.41 Å². The zero-order valence-electron chi connectivity index (χ0n) is 7.03. The normalized spacial score (nSPS) is 15.1. The summed E-state index contributed by atoms with van der Waals surface area (Å²) in [5.74, 6) is 0.329. The van der Waals surface area contributed by atoms with Gasteiger partial charge < -0.3 is 5.32 Å². The fourth-order valence-corrected chi connectivity index (χ4v) is 0.532. The number of hydrogen-bond acceptors (Lipinski definition) is 2. The van der Waals surface area contributed by atoms with Gasteiger partial charge in [0.25, 0.3) is 0 Å². The van der Waals surface area contributed by atoms with E-state index in [4.69, 9.17) is 5.41 Å². The van der Waals surface area contributed by atoms with E-state index >= 15 is 0 Å². The molecule has 3 heteroatoms. The summed E-state index contributed by atoms with van der Waals surface area (Å²) in [6.07, 6.45) is 1.09. The van der Waals surface area contributed by atoms with Crippen LogP contribution in [0.4, 0.5) is 0 Å². The minimum atomic E-state index is -0.0231. The van der Waals surface area contributed by atoms with Crippen LogP contribution < -0.4 is 5.32 Å². The lowest BCUT2D eigenvalue weighted by Gasteiger charge is -1.83. The van der Waals surface area contributed by atoms with Crippen molar-refractivity contribution >= 4 is 11.7 Å². The molecule has 2 N–H and O–H groups in total. The smallest absolute Gasteiger partial charge is 0.225 e. The summed E-state index contributed by atoms with van der Waals surface area (Å²) in [6.45, 7) is 7.50. The van der Waals surface area contributed by atoms with Gasteiger partial charge >= 0.3 is 0 Å². The summed E-state index contributed by atoms with van der Waals surface area (Å²) < 4.78 is 0. The van der Waals surface area contributed by atoms with Crippen molar-refractivity contribution in [1.82, 2.24) is 5.32 Å². The predicted molar refractivity (Wildman–Crippen MR) is 45.6 cm³/mol. The van der Waals surface area contributed by atoms with E-state index in [0.29, 0.717) is 18.7 Å². The Morgan fingerprint density at radius 1 is 1.55 bits per heavy atom. The van der Waals surface area contributed by atoms with Gasteiger partial charge in [-0.3, -0.25) is 10.2 Å². The van der Waals surface area contributed by atoms with Crippen LogP contribution in [-0.2, 0) is 4.79 Å². The Kier molecular flexibility index (Phi) is 4.18. The van der Waals surface area contributed by atoms with Crippen LogP contribution in [0.1, 0.15) is 26.7 Å². The second kappa shape index (κ2) is 4.66. The quantitative estimate of drug-likeness (QED) is 0.510. The lowest BCUT2D eigenvalue weighted by molar-refractivity contribution is -0.118. The van der Waals surface area contributed by atoms with E-state index < -0.39 is 0 Å². The van der Waals surface area contributed by atoms with Gasteiger partial charge in [-0.2, -0.15) is 0 Å². The van der Waals surface area contributed by atoms with Gasteiger partial charge in [0.1, 0.15) is 5.84 Å². The largest absolute Gasteiger partial charge is 0.315 e. The molecule has 0 saturated carbocycles. The van der Waals surface area contributed by atoms with Crippen molar-refractivity contribution in [2.24, 2.45) is 0 Å². The third-order valence-corrected chi connectivity index (χ3v) is 0.892. The maximum atomic E-state index is 10.2. The SMILES string of the molecule is C=C(C)C.N=C1CCC(=O)N1. The van der Waals surface area contributed by atoms with Crippen LogP contribution in [0.15, 0.2) is 12.2 Å². The van der Waals surface area contributed by atoms with E-state index in [2.05, 4.69) is 11.9 Å². The molecule has 11 heavy (non-hydrogen) atoms. The molecule has 0 atom stereocenters. The molecule has 0 spiro atoms. The summed E-state index contributed by atoms with van der Waals surface area (Å²) >= 11 is 0. The van der Waals surface area contributed by atoms with Crippen LogP contribution in [-0.4, -0.2) is 11.7 Å². The summed E-state index contributed by atoms with van der Waals surface area (Å²) in [4.78, 5) is 10.2. The summed E-state index contributed by atoms with van der Waals surface area (Å²) in [6, 6.07) is 0. The van der Waals surface area contributed by atoms with Gasteiger partial charge in [0.05, 0.1) is 0 Å². The number of hydrogen-bond donors (Lipinski definition) is 2. The number of nitrogens with one attached hydrogen (secondary N) is 2. The molecule has 0 unspecified atom stereocenters. The van der Waals surface area contributed by atoms with E-state index in [1.54, 1.807) is 0 Å². The molecule has 1 heterocycles. The van der Waals surface area contributed by atoms with Crippen molar-refractivity contribution in [3.05, 3.63) is 12.2 Å². The van der Waals surface area contributed by atoms with E-state index in [9.17, 15) is 4.79 Å². The molecule has 1 aliphatic heterocycles. The molecular weight excluding hydrogens is 140 g/mol. The van der Waals surface area contributed by atoms with Crippen LogP contribution in [0.5, 0.6) is 0 Å². The Balaban J connectivity index is 0.000000218. The summed E-state index contributed by atoms with van der Waals surface area (Å²) in [7, 11) is 0. The molecule has 0 aromatic carbocycles. The topological polar surface area (TPSA) is 53.0 Å². The molecular formula is C8H14N2O. The molecule has 62 valence electrons. The van der Waals surface area contributed by atoms with Crippen LogP contribution in [0.2, 0.25) is 0 Å². The predicted octanol–water partition coefficient (Wildman–Crippen LogP) is 1.46. The maximum Gasteiger partial charge on any atom is 0.225 e. The van der Waals surface area contributed by atoms with Crippen LogP contribution >= 0.6 is 0 Å². The third-order valence-electron chi connectivity index (χ3n) is 0.892. The van der Waals surface area contributed by atoms with Gasteiger partial charge in [-0.1, -0.05) is 5.57 Å². The first kappa shape index (κ1) is 9.88. The minimum Gasteiger partial charge on any atom is -0.315 e. The van der Waals surface area contributed by atoms with Gasteiger partial charge in [0.2, 0.25) is 5.91 Å². The van der Waals surface area contributed by atoms with Crippen molar-refractivity contribution in [2.75, 3.05) is 0 Å². The van der Waals surface area contributed by atoms with Gasteiger partial charge in [-0.25, -0.2) is 0 Å². The lowest BCUT2D eigenvalue weighted by Crippen LogP contribution is -2.18. The van der Waals surface area contributed by atoms with Crippen LogP contribution in [0.25, 0.3) is 0 Å². The van der Waals surface area contributed by atoms with Crippen LogP contribution in [0.3, 0.4) is 0 Å². The van der Waals surface area contributed by atoms with Gasteiger partial charge in [-0.05, 0) is 13.8 Å². The summed E-state index contributed by atoms with van der Waals surface area (Å²) in [5, 5.41) is 9.21. The van der Waals surface area contributed by atoms with Crippen molar-refractivity contribution in [3.63, 3.8) is 0 Å². The molecule has 1 rings (SSSR count). The van der Waals surface area contributed by atoms with Gasteiger partial charge in [0.15, 0.2) is 0 Å². The van der Waals surface area contributed by atoms with Gasteiger partial charge in [0, 0.05) is 12.8 Å². The van der Waals surface area contributed by atoms with Crippen molar-refractivity contribution in [3.8, 4) is 0 Å². The molecule has 0 aromatic rings. The van der Waals surface area contributed by atoms with E-state index in [0.717, 1.165) is 0 Å². The average Bonchev–Trinajstić information content (AvgIpc) is 2.13. The molecule has 1 fully saturated rings. The van der Waals surface area contributed by atoms with E-state index in [-0.39, 0.29) is 5.91 Å². The third kappa shape index (κ3) is 6.77. The maximum absolute atomic E-state index is 10.2. The Hall–Kier alpha value is -1.12. The van der Waals surface area contributed by atoms with E-state index in [1.165, 1.54) is 5.57 Å². The standard InChI is InChI=1S/C4H6N2O.C4H8/c5-3-1-2-4(7)6-3;1-4(2)3/h1-2H2,(H2,5,6,7);1H2,2-3H3. The zero-order valence-corrected chi connectivity index (χ0v) is 7.03. The second-order valence-corrected chi connectivity index (χ2v) is 2.73. The highest BCUT2D eigenvalue weighted by Crippen LogP contribution is 1.96. The molecule has 3 nitrogen and oxygen atoms in total. The Morgan fingerprint density at radius 3 is 2.09 bits per heavy atom. The molecule has 1 saturated heterocycles. The number of carbonyl (C=O) groups excluding carboxylic acids is 1. The zero-order chi connectivity index (χ0) is 8.85. The second-order valence-electron chi connectivity index (χ2n) is 2.73. The molecule has 1 amide bonds. The van der Waals surface area contributed by atoms with Gasteiger partial charge in [-0.15, -0.1) is 6.58 Å². The monoisotopic (exact) mass is 154 g/mol. The highest BCUT2D eigenvalue weighted by atomic mass is 16.1. The lowest BCUT2D eigenvalue weighted by atomic mass is 10.4. The number of amidine groups is 1. The first-order chi connectivity index (χ1) is 5.02. The Morgan fingerprint density at radius 2 is 2.00 bits per heavy atom. The fourth-order valence-electron chi connectivity index (χ4n) is 0.532. The number of rotatable bonds is 0. The Labute approximate surface area is 67.0 Å². The molecule has 0 aromatic heterocycles. The van der Waals surface area contributed by atoms with Crippen molar-refractivity contribution in [2.45, 2.75) is 26.7 Å². The molecule has 0 radical (unpaired) electrons. The van der Waals surface area contributed by atoms with Crippen molar-refractivity contribution in [1.29, 1.82) is 5.41 Å². The molecule has 0 aliphatic carbocycles. The summed E-state index contributed by atoms with van der Waals surface area (Å²) in [5.41, 5.74) is 1.17. The fraction of sp³-hybridized carbons (Fsp3) is 0.500. The minimum absolute atomic E-state index is 0.0231. The first-order valence-electron chi connectivity index (χ1n) is 3.51. The first-order valence-corrected chi connectivity index (χ1v) is 3.51. The highest BCUT2D eigenvalue weighted by Gasteiger charge is 2.12. The number of allylic oxidation sites excluding steroid dienone is 1. The number of carbonyl (C=O) groups is 1. The van der Waals surface area contributed by atoms with E-state index in [1.807, 2.05) is 13.8 Å². The average molecular weight is 154 g/mol. The molecule has 1 aliphatic rings. The highest BCUT2D eigenvalue weighted by molar-refractivity contribution is 6.03.